The van der Waals surface area contributed by atoms with E-state index in [1.807, 2.05) is 43.3 Å². The van der Waals surface area contributed by atoms with Crippen LogP contribution in [0.1, 0.15) is 43.0 Å². The van der Waals surface area contributed by atoms with E-state index in [1.165, 1.54) is 50.6 Å². The Morgan fingerprint density at radius 3 is 1.98 bits per heavy atom. The standard InChI is InChI=1S/C41H35F3N2O8/c1-25-4-8-27(9-5-25)28-10-12-29(13-11-28)40(51)54-32-16-6-26(7-17-32)23-46(24-38(48)49)39(50)34-19-15-31(21-36(34)53-3)45-37(47)20-30-14-18-33(52-2)22-35(30)41(42,43)44/h4-19,21-22H,20,23-24H2,1-3H3,(H,45,47)(H,48,49). The lowest BCUT2D eigenvalue weighted by molar-refractivity contribution is -0.139. The molecule has 2 amide bonds. The molecular formula is C41H35F3N2O8. The zero-order chi connectivity index (χ0) is 39.0. The second kappa shape index (κ2) is 16.8. The summed E-state index contributed by atoms with van der Waals surface area (Å²) in [7, 11) is 2.50. The monoisotopic (exact) mass is 740 g/mol. The molecule has 10 nitrogen and oxygen atoms in total. The molecule has 0 unspecified atom stereocenters. The number of esters is 1. The molecule has 5 aromatic carbocycles. The number of carbonyl (C=O) groups excluding carboxylic acids is 3. The van der Waals surface area contributed by atoms with Gasteiger partial charge in [0.05, 0.1) is 37.3 Å². The fraction of sp³-hybridized carbons (Fsp3) is 0.171. The van der Waals surface area contributed by atoms with E-state index in [2.05, 4.69) is 5.32 Å². The average molecular weight is 741 g/mol. The van der Waals surface area contributed by atoms with Gasteiger partial charge < -0.3 is 29.5 Å². The van der Waals surface area contributed by atoms with E-state index in [9.17, 15) is 37.5 Å². The quantitative estimate of drug-likeness (QED) is 0.0923. The lowest BCUT2D eigenvalue weighted by Crippen LogP contribution is -2.35. The summed E-state index contributed by atoms with van der Waals surface area (Å²) in [5.74, 6) is -3.09. The Kier molecular flexibility index (Phi) is 12.0. The first-order valence-electron chi connectivity index (χ1n) is 16.5. The number of benzene rings is 5. The van der Waals surface area contributed by atoms with E-state index in [-0.39, 0.29) is 40.6 Å². The van der Waals surface area contributed by atoms with Crippen molar-refractivity contribution in [2.75, 3.05) is 26.1 Å². The molecule has 0 aliphatic carbocycles. The number of carboxylic acid groups (broad SMARTS) is 1. The topological polar surface area (TPSA) is 131 Å². The molecule has 0 atom stereocenters. The molecule has 5 rings (SSSR count). The molecule has 0 fully saturated rings. The largest absolute Gasteiger partial charge is 0.497 e. The number of carboxylic acids is 1. The van der Waals surface area contributed by atoms with E-state index >= 15 is 0 Å². The molecule has 2 N–H and O–H groups in total. The number of rotatable bonds is 13. The normalized spacial score (nSPS) is 11.0. The molecule has 0 saturated heterocycles. The first-order valence-corrected chi connectivity index (χ1v) is 16.5. The molecule has 13 heteroatoms. The van der Waals surface area contributed by atoms with Crippen LogP contribution in [0, 0.1) is 6.92 Å². The van der Waals surface area contributed by atoms with Gasteiger partial charge in [-0.05, 0) is 77.7 Å². The van der Waals surface area contributed by atoms with E-state index < -0.39 is 48.5 Å². The van der Waals surface area contributed by atoms with Crippen LogP contribution in [0.4, 0.5) is 18.9 Å². The zero-order valence-electron chi connectivity index (χ0n) is 29.4. The van der Waals surface area contributed by atoms with Crippen LogP contribution in [0.15, 0.2) is 109 Å². The molecule has 0 aromatic heterocycles. The maximum atomic E-state index is 13.6. The van der Waals surface area contributed by atoms with Crippen LogP contribution in [0.25, 0.3) is 11.1 Å². The van der Waals surface area contributed by atoms with Crippen LogP contribution in [-0.4, -0.2) is 54.5 Å². The van der Waals surface area contributed by atoms with Crippen LogP contribution in [0.2, 0.25) is 0 Å². The predicted octanol–water partition coefficient (Wildman–Crippen LogP) is 7.83. The number of aliphatic carboxylic acids is 1. The number of nitrogens with one attached hydrogen (secondary N) is 1. The zero-order valence-corrected chi connectivity index (χ0v) is 29.4. The number of anilines is 1. The van der Waals surface area contributed by atoms with Gasteiger partial charge in [0.2, 0.25) is 5.91 Å². The maximum Gasteiger partial charge on any atom is 0.416 e. The maximum absolute atomic E-state index is 13.6. The molecule has 0 spiro atoms. The van der Waals surface area contributed by atoms with E-state index in [0.29, 0.717) is 11.1 Å². The van der Waals surface area contributed by atoms with Crippen LogP contribution in [0.3, 0.4) is 0 Å². The second-order valence-electron chi connectivity index (χ2n) is 12.2. The molecule has 0 saturated carbocycles. The third-order valence-electron chi connectivity index (χ3n) is 8.32. The SMILES string of the molecule is COc1ccc(CC(=O)Nc2ccc(C(=O)N(CC(=O)O)Cc3ccc(OC(=O)c4ccc(-c5ccc(C)cc5)cc4)cc3)c(OC)c2)c(C(F)(F)F)c1. The summed E-state index contributed by atoms with van der Waals surface area (Å²) in [5.41, 5.74) is 2.82. The molecule has 0 bridgehead atoms. The highest BCUT2D eigenvalue weighted by atomic mass is 19.4. The van der Waals surface area contributed by atoms with Gasteiger partial charge >= 0.3 is 18.1 Å². The number of hydrogen-bond donors (Lipinski definition) is 2. The molecular weight excluding hydrogens is 705 g/mol. The third-order valence-corrected chi connectivity index (χ3v) is 8.32. The minimum absolute atomic E-state index is 0.0112. The summed E-state index contributed by atoms with van der Waals surface area (Å²) in [6.45, 7) is 1.20. The van der Waals surface area contributed by atoms with Crippen molar-refractivity contribution in [1.82, 2.24) is 4.90 Å². The number of hydrogen-bond acceptors (Lipinski definition) is 7. The number of amides is 2. The first kappa shape index (κ1) is 38.6. The van der Waals surface area contributed by atoms with Crippen molar-refractivity contribution in [1.29, 1.82) is 0 Å². The van der Waals surface area contributed by atoms with Crippen molar-refractivity contribution in [2.24, 2.45) is 0 Å². The van der Waals surface area contributed by atoms with E-state index in [4.69, 9.17) is 14.2 Å². The highest BCUT2D eigenvalue weighted by Gasteiger charge is 2.34. The summed E-state index contributed by atoms with van der Waals surface area (Å²) >= 11 is 0. The van der Waals surface area contributed by atoms with Gasteiger partial charge in [0, 0.05) is 18.3 Å². The van der Waals surface area contributed by atoms with Crippen molar-refractivity contribution < 1.29 is 51.7 Å². The highest BCUT2D eigenvalue weighted by molar-refractivity contribution is 6.00. The predicted molar refractivity (Wildman–Crippen MR) is 194 cm³/mol. The smallest absolute Gasteiger partial charge is 0.416 e. The number of carbonyl (C=O) groups is 4. The van der Waals surface area contributed by atoms with Crippen molar-refractivity contribution in [3.8, 4) is 28.4 Å². The van der Waals surface area contributed by atoms with Gasteiger partial charge in [-0.3, -0.25) is 14.4 Å². The first-order chi connectivity index (χ1) is 25.7. The highest BCUT2D eigenvalue weighted by Crippen LogP contribution is 2.35. The minimum Gasteiger partial charge on any atom is -0.497 e. The molecule has 0 heterocycles. The molecule has 5 aromatic rings. The Hall–Kier alpha value is -6.63. The van der Waals surface area contributed by atoms with Crippen molar-refractivity contribution in [3.05, 3.63) is 143 Å². The fourth-order valence-corrected chi connectivity index (χ4v) is 5.55. The Bertz CT molecular complexity index is 2150. The van der Waals surface area contributed by atoms with Gasteiger partial charge in [-0.1, -0.05) is 60.2 Å². The number of methoxy groups -OCH3 is 2. The van der Waals surface area contributed by atoms with Gasteiger partial charge in [0.25, 0.3) is 5.91 Å². The number of nitrogens with zero attached hydrogens (tertiary/aromatic N) is 1. The Morgan fingerprint density at radius 2 is 1.39 bits per heavy atom. The number of aryl methyl sites for hydroxylation is 1. The molecule has 0 aliphatic heterocycles. The summed E-state index contributed by atoms with van der Waals surface area (Å²) in [6.07, 6.45) is -5.32. The van der Waals surface area contributed by atoms with E-state index in [0.717, 1.165) is 33.7 Å². The third kappa shape index (κ3) is 9.82. The van der Waals surface area contributed by atoms with Crippen molar-refractivity contribution >= 4 is 29.4 Å². The van der Waals surface area contributed by atoms with Crippen LogP contribution >= 0.6 is 0 Å². The van der Waals surface area contributed by atoms with Gasteiger partial charge in [0.1, 0.15) is 23.8 Å². The molecule has 0 radical (unpaired) electrons. The lowest BCUT2D eigenvalue weighted by atomic mass is 10.0. The second-order valence-corrected chi connectivity index (χ2v) is 12.2. The lowest BCUT2D eigenvalue weighted by Gasteiger charge is -2.22. The minimum atomic E-state index is -4.72. The number of halogens is 3. The van der Waals surface area contributed by atoms with E-state index in [1.54, 1.807) is 24.3 Å². The van der Waals surface area contributed by atoms with Crippen LogP contribution < -0.4 is 19.5 Å². The molecule has 278 valence electrons. The fourth-order valence-electron chi connectivity index (χ4n) is 5.55. The number of ether oxygens (including phenoxy) is 3. The number of alkyl halides is 3. The summed E-state index contributed by atoms with van der Waals surface area (Å²) < 4.78 is 56.7. The van der Waals surface area contributed by atoms with Crippen molar-refractivity contribution in [2.45, 2.75) is 26.1 Å². The van der Waals surface area contributed by atoms with Gasteiger partial charge in [-0.2, -0.15) is 13.2 Å². The Labute approximate surface area is 308 Å². The summed E-state index contributed by atoms with van der Waals surface area (Å²) in [5, 5.41) is 12.1. The van der Waals surface area contributed by atoms with Gasteiger partial charge in [-0.15, -0.1) is 0 Å². The molecule has 54 heavy (non-hydrogen) atoms. The van der Waals surface area contributed by atoms with Crippen LogP contribution in [-0.2, 0) is 28.7 Å². The Balaban J connectivity index is 1.24. The Morgan fingerprint density at radius 1 is 0.759 bits per heavy atom. The van der Waals surface area contributed by atoms with Gasteiger partial charge in [0.15, 0.2) is 0 Å². The average Bonchev–Trinajstić information content (AvgIpc) is 3.15. The van der Waals surface area contributed by atoms with Gasteiger partial charge in [-0.25, -0.2) is 4.79 Å². The van der Waals surface area contributed by atoms with Crippen molar-refractivity contribution in [3.63, 3.8) is 0 Å². The molecule has 0 aliphatic rings. The summed E-state index contributed by atoms with van der Waals surface area (Å²) in [4.78, 5) is 52.0. The summed E-state index contributed by atoms with van der Waals surface area (Å²) in [6, 6.07) is 28.5. The van der Waals surface area contributed by atoms with Crippen LogP contribution in [0.5, 0.6) is 17.2 Å².